The second kappa shape index (κ2) is 6.71. The first kappa shape index (κ1) is 14.8. The Labute approximate surface area is 116 Å². The molecule has 0 amide bonds. The number of aliphatic carboxylic acids is 1. The molecule has 0 aromatic heterocycles. The van der Waals surface area contributed by atoms with Crippen LogP contribution in [0.2, 0.25) is 0 Å². The Morgan fingerprint density at radius 2 is 1.68 bits per heavy atom. The molecule has 2 fully saturated rings. The molecule has 19 heavy (non-hydrogen) atoms. The molecule has 4 nitrogen and oxygen atoms in total. The van der Waals surface area contributed by atoms with Crippen molar-refractivity contribution in [3.8, 4) is 0 Å². The quantitative estimate of drug-likeness (QED) is 0.796. The Kier molecular flexibility index (Phi) is 5.22. The summed E-state index contributed by atoms with van der Waals surface area (Å²) in [6.07, 6.45) is 7.78. The fraction of sp³-hybridized carbons (Fsp3) is 0.933. The number of piperidine rings is 1. The van der Waals surface area contributed by atoms with Gasteiger partial charge < -0.3 is 10.0 Å². The van der Waals surface area contributed by atoms with Gasteiger partial charge in [-0.15, -0.1) is 0 Å². The van der Waals surface area contributed by atoms with Crippen molar-refractivity contribution in [2.24, 2.45) is 5.92 Å². The van der Waals surface area contributed by atoms with E-state index in [0.29, 0.717) is 6.04 Å². The fourth-order valence-electron chi connectivity index (χ4n) is 3.75. The first-order chi connectivity index (χ1) is 9.09. The summed E-state index contributed by atoms with van der Waals surface area (Å²) < 4.78 is 0. The highest BCUT2D eigenvalue weighted by molar-refractivity contribution is 5.70. The summed E-state index contributed by atoms with van der Waals surface area (Å²) in [6, 6.07) is 0.952. The molecule has 2 aliphatic rings. The van der Waals surface area contributed by atoms with Crippen molar-refractivity contribution >= 4 is 5.97 Å². The van der Waals surface area contributed by atoms with Crippen molar-refractivity contribution in [1.82, 2.24) is 9.80 Å². The highest BCUT2D eigenvalue weighted by Gasteiger charge is 2.35. The minimum absolute atomic E-state index is 0.140. The molecule has 0 aromatic carbocycles. The van der Waals surface area contributed by atoms with Crippen LogP contribution in [0.25, 0.3) is 0 Å². The summed E-state index contributed by atoms with van der Waals surface area (Å²) in [7, 11) is 4.29. The lowest BCUT2D eigenvalue weighted by atomic mass is 9.91. The van der Waals surface area contributed by atoms with Crippen LogP contribution in [0.5, 0.6) is 0 Å². The predicted molar refractivity (Wildman–Crippen MR) is 76.3 cm³/mol. The predicted octanol–water partition coefficient (Wildman–Crippen LogP) is 2.05. The van der Waals surface area contributed by atoms with Gasteiger partial charge in [-0.1, -0.05) is 19.3 Å². The third-order valence-electron chi connectivity index (χ3n) is 5.00. The van der Waals surface area contributed by atoms with Gasteiger partial charge in [-0.2, -0.15) is 0 Å². The zero-order valence-corrected chi connectivity index (χ0v) is 12.3. The van der Waals surface area contributed by atoms with Crippen LogP contribution in [0.4, 0.5) is 0 Å². The molecule has 1 saturated carbocycles. The third kappa shape index (κ3) is 3.69. The molecule has 0 bridgehead atoms. The number of hydrogen-bond donors (Lipinski definition) is 1. The van der Waals surface area contributed by atoms with Gasteiger partial charge in [0.25, 0.3) is 0 Å². The number of hydrogen-bond acceptors (Lipinski definition) is 3. The second-order valence-electron chi connectivity index (χ2n) is 6.38. The van der Waals surface area contributed by atoms with Crippen LogP contribution in [0, 0.1) is 5.92 Å². The minimum Gasteiger partial charge on any atom is -0.481 e. The molecule has 0 radical (unpaired) electrons. The third-order valence-corrected chi connectivity index (χ3v) is 5.00. The molecule has 1 aliphatic carbocycles. The molecule has 1 heterocycles. The highest BCUT2D eigenvalue weighted by atomic mass is 16.4. The molecule has 0 aromatic rings. The number of carboxylic acid groups (broad SMARTS) is 1. The number of carboxylic acids is 1. The number of carbonyl (C=O) groups is 1. The van der Waals surface area contributed by atoms with Crippen LogP contribution in [0.15, 0.2) is 0 Å². The molecule has 2 unspecified atom stereocenters. The van der Waals surface area contributed by atoms with Crippen molar-refractivity contribution in [2.45, 2.75) is 57.0 Å². The molecule has 4 heteroatoms. The monoisotopic (exact) mass is 268 g/mol. The minimum atomic E-state index is -0.582. The first-order valence-corrected chi connectivity index (χ1v) is 7.73. The van der Waals surface area contributed by atoms with E-state index in [-0.39, 0.29) is 12.0 Å². The summed E-state index contributed by atoms with van der Waals surface area (Å²) >= 11 is 0. The van der Waals surface area contributed by atoms with E-state index in [1.165, 1.54) is 25.7 Å². The van der Waals surface area contributed by atoms with Crippen molar-refractivity contribution in [3.63, 3.8) is 0 Å². The van der Waals surface area contributed by atoms with Crippen molar-refractivity contribution < 1.29 is 9.90 Å². The first-order valence-electron chi connectivity index (χ1n) is 7.73. The van der Waals surface area contributed by atoms with Crippen molar-refractivity contribution in [2.75, 3.05) is 27.2 Å². The summed E-state index contributed by atoms with van der Waals surface area (Å²) in [4.78, 5) is 16.3. The van der Waals surface area contributed by atoms with Crippen LogP contribution in [0.3, 0.4) is 0 Å². The van der Waals surface area contributed by atoms with Crippen molar-refractivity contribution in [3.05, 3.63) is 0 Å². The van der Waals surface area contributed by atoms with E-state index in [4.69, 9.17) is 0 Å². The normalized spacial score (nSPS) is 31.3. The average molecular weight is 268 g/mol. The number of rotatable bonds is 3. The van der Waals surface area contributed by atoms with Gasteiger partial charge in [-0.05, 0) is 52.9 Å². The van der Waals surface area contributed by atoms with Gasteiger partial charge in [-0.3, -0.25) is 9.69 Å². The second-order valence-corrected chi connectivity index (χ2v) is 6.38. The van der Waals surface area contributed by atoms with E-state index < -0.39 is 5.97 Å². The lowest BCUT2D eigenvalue weighted by Gasteiger charge is -2.41. The van der Waals surface area contributed by atoms with E-state index in [2.05, 4.69) is 23.9 Å². The van der Waals surface area contributed by atoms with Gasteiger partial charge >= 0.3 is 5.97 Å². The maximum atomic E-state index is 11.5. The lowest BCUT2D eigenvalue weighted by molar-refractivity contribution is -0.144. The summed E-state index contributed by atoms with van der Waals surface area (Å²) in [6.45, 7) is 2.13. The summed E-state index contributed by atoms with van der Waals surface area (Å²) in [5.74, 6) is -0.722. The summed E-state index contributed by atoms with van der Waals surface area (Å²) in [5.41, 5.74) is 0. The molecule has 2 atom stereocenters. The van der Waals surface area contributed by atoms with Gasteiger partial charge in [0.05, 0.1) is 5.92 Å². The molecular weight excluding hydrogens is 240 g/mol. The topological polar surface area (TPSA) is 43.8 Å². The van der Waals surface area contributed by atoms with Crippen LogP contribution in [-0.4, -0.2) is 60.1 Å². The van der Waals surface area contributed by atoms with E-state index in [0.717, 1.165) is 32.4 Å². The molecule has 1 N–H and O–H groups in total. The standard InChI is InChI=1S/C15H28N2O2/c1-16(2)12-8-10-17(11-9-12)14-7-5-3-4-6-13(14)15(18)19/h12-14H,3-11H2,1-2H3,(H,18,19). The number of nitrogens with zero attached hydrogens (tertiary/aromatic N) is 2. The molecule has 110 valence electrons. The highest BCUT2D eigenvalue weighted by Crippen LogP contribution is 2.30. The Hall–Kier alpha value is -0.610. The smallest absolute Gasteiger partial charge is 0.308 e. The SMILES string of the molecule is CN(C)C1CCN(C2CCCCCC2C(=O)O)CC1. The van der Waals surface area contributed by atoms with Crippen LogP contribution in [0.1, 0.15) is 44.9 Å². The van der Waals surface area contributed by atoms with Gasteiger partial charge in [-0.25, -0.2) is 0 Å². The zero-order valence-electron chi connectivity index (χ0n) is 12.3. The lowest BCUT2D eigenvalue weighted by Crippen LogP contribution is -2.49. The van der Waals surface area contributed by atoms with Gasteiger partial charge in [0, 0.05) is 12.1 Å². The fourth-order valence-corrected chi connectivity index (χ4v) is 3.75. The maximum absolute atomic E-state index is 11.5. The molecule has 2 rings (SSSR count). The molecular formula is C15H28N2O2. The Balaban J connectivity index is 1.97. The molecule has 0 spiro atoms. The van der Waals surface area contributed by atoms with Crippen LogP contribution < -0.4 is 0 Å². The molecule has 1 aliphatic heterocycles. The van der Waals surface area contributed by atoms with Crippen molar-refractivity contribution in [1.29, 1.82) is 0 Å². The van der Waals surface area contributed by atoms with Gasteiger partial charge in [0.2, 0.25) is 0 Å². The average Bonchev–Trinajstić information content (AvgIpc) is 2.64. The van der Waals surface area contributed by atoms with E-state index in [1.54, 1.807) is 0 Å². The largest absolute Gasteiger partial charge is 0.481 e. The maximum Gasteiger partial charge on any atom is 0.308 e. The Morgan fingerprint density at radius 1 is 1.05 bits per heavy atom. The Bertz CT molecular complexity index is 299. The zero-order chi connectivity index (χ0) is 13.8. The van der Waals surface area contributed by atoms with Crippen LogP contribution >= 0.6 is 0 Å². The Morgan fingerprint density at radius 3 is 2.26 bits per heavy atom. The van der Waals surface area contributed by atoms with E-state index in [9.17, 15) is 9.90 Å². The van der Waals surface area contributed by atoms with E-state index >= 15 is 0 Å². The van der Waals surface area contributed by atoms with Crippen LogP contribution in [-0.2, 0) is 4.79 Å². The summed E-state index contributed by atoms with van der Waals surface area (Å²) in [5, 5.41) is 9.47. The van der Waals surface area contributed by atoms with Gasteiger partial charge in [0.1, 0.15) is 0 Å². The molecule has 1 saturated heterocycles. The number of likely N-dealkylation sites (tertiary alicyclic amines) is 1. The van der Waals surface area contributed by atoms with E-state index in [1.807, 2.05) is 0 Å². The van der Waals surface area contributed by atoms with Gasteiger partial charge in [0.15, 0.2) is 0 Å².